The van der Waals surface area contributed by atoms with Crippen molar-refractivity contribution in [3.8, 4) is 0 Å². The van der Waals surface area contributed by atoms with Crippen LogP contribution >= 0.6 is 0 Å². The van der Waals surface area contributed by atoms with Crippen molar-refractivity contribution in [1.29, 1.82) is 0 Å². The molecular weight excluding hydrogens is 353 g/mol. The van der Waals surface area contributed by atoms with E-state index in [1.54, 1.807) is 12.1 Å². The maximum Gasteiger partial charge on any atom is 0.225 e. The Kier molecular flexibility index (Phi) is 4.89. The zero-order chi connectivity index (χ0) is 19.5. The first-order valence-corrected chi connectivity index (χ1v) is 9.15. The Balaban J connectivity index is 1.68. The van der Waals surface area contributed by atoms with Crippen LogP contribution in [0.1, 0.15) is 29.2 Å². The number of pyridine rings is 1. The molecule has 0 aliphatic rings. The van der Waals surface area contributed by atoms with Crippen LogP contribution in [0.4, 0.5) is 10.1 Å². The van der Waals surface area contributed by atoms with Gasteiger partial charge in [0.1, 0.15) is 11.5 Å². The van der Waals surface area contributed by atoms with E-state index in [0.717, 1.165) is 22.5 Å². The van der Waals surface area contributed by atoms with Crippen LogP contribution in [-0.2, 0) is 4.79 Å². The Morgan fingerprint density at radius 2 is 1.82 bits per heavy atom. The van der Waals surface area contributed by atoms with Crippen molar-refractivity contribution in [3.63, 3.8) is 0 Å². The molecule has 0 aliphatic carbocycles. The number of nitrogens with zero attached hydrogens (tertiary/aromatic N) is 2. The molecule has 4 aromatic rings. The number of amides is 1. The fourth-order valence-electron chi connectivity index (χ4n) is 3.49. The third kappa shape index (κ3) is 3.64. The standard InChI is InChI=1S/C23H20FN3O/c1-16-6-2-3-7-19(16)20(21-15-25-22-8-4-5-13-27(21)22)14-23(28)26-18-11-9-17(24)10-12-18/h2-13,15,20H,14H2,1H3,(H,26,28). The summed E-state index contributed by atoms with van der Waals surface area (Å²) in [4.78, 5) is 17.3. The van der Waals surface area contributed by atoms with Gasteiger partial charge in [0.25, 0.3) is 0 Å². The van der Waals surface area contributed by atoms with Crippen molar-refractivity contribution in [1.82, 2.24) is 9.38 Å². The fourth-order valence-corrected chi connectivity index (χ4v) is 3.49. The molecule has 0 aliphatic heterocycles. The number of halogens is 1. The molecular formula is C23H20FN3O. The molecule has 28 heavy (non-hydrogen) atoms. The summed E-state index contributed by atoms with van der Waals surface area (Å²) in [5.74, 6) is -0.619. The maximum absolute atomic E-state index is 13.1. The van der Waals surface area contributed by atoms with Crippen molar-refractivity contribution in [2.75, 3.05) is 5.32 Å². The summed E-state index contributed by atoms with van der Waals surface area (Å²) in [6.45, 7) is 2.05. The van der Waals surface area contributed by atoms with Gasteiger partial charge in [-0.3, -0.25) is 4.79 Å². The normalized spacial score (nSPS) is 12.1. The van der Waals surface area contributed by atoms with Crippen molar-refractivity contribution in [2.24, 2.45) is 0 Å². The first-order valence-electron chi connectivity index (χ1n) is 9.15. The first-order chi connectivity index (χ1) is 13.6. The molecule has 4 nitrogen and oxygen atoms in total. The number of hydrogen-bond acceptors (Lipinski definition) is 2. The van der Waals surface area contributed by atoms with Gasteiger partial charge >= 0.3 is 0 Å². The van der Waals surface area contributed by atoms with Crippen LogP contribution in [0.3, 0.4) is 0 Å². The quantitative estimate of drug-likeness (QED) is 0.538. The van der Waals surface area contributed by atoms with Gasteiger partial charge in [0, 0.05) is 30.4 Å². The molecule has 0 spiro atoms. The summed E-state index contributed by atoms with van der Waals surface area (Å²) < 4.78 is 15.1. The number of fused-ring (bicyclic) bond motifs is 1. The molecule has 0 bridgehead atoms. The van der Waals surface area contributed by atoms with Gasteiger partial charge in [-0.2, -0.15) is 0 Å². The Labute approximate surface area is 162 Å². The lowest BCUT2D eigenvalue weighted by molar-refractivity contribution is -0.116. The number of rotatable bonds is 5. The van der Waals surface area contributed by atoms with Gasteiger partial charge < -0.3 is 9.72 Å². The molecule has 1 unspecified atom stereocenters. The van der Waals surface area contributed by atoms with E-state index in [1.807, 2.05) is 66.2 Å². The highest BCUT2D eigenvalue weighted by atomic mass is 19.1. The number of carbonyl (C=O) groups excluding carboxylic acids is 1. The number of aromatic nitrogens is 2. The topological polar surface area (TPSA) is 46.4 Å². The van der Waals surface area contributed by atoms with E-state index in [2.05, 4.69) is 10.3 Å². The van der Waals surface area contributed by atoms with E-state index in [4.69, 9.17) is 0 Å². The summed E-state index contributed by atoms with van der Waals surface area (Å²) in [6, 6.07) is 19.7. The molecule has 0 saturated carbocycles. The fraction of sp³-hybridized carbons (Fsp3) is 0.130. The molecule has 2 heterocycles. The smallest absolute Gasteiger partial charge is 0.225 e. The lowest BCUT2D eigenvalue weighted by Gasteiger charge is -2.19. The number of carbonyl (C=O) groups is 1. The average Bonchev–Trinajstić information content (AvgIpc) is 3.13. The van der Waals surface area contributed by atoms with E-state index >= 15 is 0 Å². The zero-order valence-electron chi connectivity index (χ0n) is 15.5. The van der Waals surface area contributed by atoms with Crippen LogP contribution in [0.15, 0.2) is 79.1 Å². The minimum atomic E-state index is -0.332. The van der Waals surface area contributed by atoms with E-state index in [9.17, 15) is 9.18 Å². The van der Waals surface area contributed by atoms with Gasteiger partial charge in [0.2, 0.25) is 5.91 Å². The Hall–Kier alpha value is -3.47. The summed E-state index contributed by atoms with van der Waals surface area (Å²) in [5.41, 5.74) is 4.58. The number of benzene rings is 2. The number of aryl methyl sites for hydroxylation is 1. The third-order valence-electron chi connectivity index (χ3n) is 4.88. The number of hydrogen-bond donors (Lipinski definition) is 1. The number of nitrogens with one attached hydrogen (secondary N) is 1. The molecule has 140 valence electrons. The van der Waals surface area contributed by atoms with Crippen LogP contribution in [0.2, 0.25) is 0 Å². The van der Waals surface area contributed by atoms with Gasteiger partial charge in [0.15, 0.2) is 0 Å². The third-order valence-corrected chi connectivity index (χ3v) is 4.88. The van der Waals surface area contributed by atoms with E-state index in [1.165, 1.54) is 12.1 Å². The molecule has 0 fully saturated rings. The minimum Gasteiger partial charge on any atom is -0.326 e. The maximum atomic E-state index is 13.1. The van der Waals surface area contributed by atoms with Gasteiger partial charge in [-0.25, -0.2) is 9.37 Å². The molecule has 0 saturated heterocycles. The van der Waals surface area contributed by atoms with Crippen LogP contribution in [0, 0.1) is 12.7 Å². The highest BCUT2D eigenvalue weighted by Gasteiger charge is 2.23. The van der Waals surface area contributed by atoms with E-state index in [-0.39, 0.29) is 24.1 Å². The van der Waals surface area contributed by atoms with Gasteiger partial charge in [-0.15, -0.1) is 0 Å². The van der Waals surface area contributed by atoms with E-state index in [0.29, 0.717) is 5.69 Å². The van der Waals surface area contributed by atoms with Gasteiger partial charge in [-0.05, 0) is 54.4 Å². The predicted molar refractivity (Wildman–Crippen MR) is 108 cm³/mol. The summed E-state index contributed by atoms with van der Waals surface area (Å²) in [6.07, 6.45) is 4.04. The highest BCUT2D eigenvalue weighted by Crippen LogP contribution is 2.31. The second-order valence-electron chi connectivity index (χ2n) is 6.78. The Morgan fingerprint density at radius 3 is 2.61 bits per heavy atom. The van der Waals surface area contributed by atoms with Crippen molar-refractivity contribution < 1.29 is 9.18 Å². The molecule has 1 atom stereocenters. The summed E-state index contributed by atoms with van der Waals surface area (Å²) in [7, 11) is 0. The highest BCUT2D eigenvalue weighted by molar-refractivity contribution is 5.91. The lowest BCUT2D eigenvalue weighted by Crippen LogP contribution is -2.18. The zero-order valence-corrected chi connectivity index (χ0v) is 15.5. The minimum absolute atomic E-state index is 0.134. The largest absolute Gasteiger partial charge is 0.326 e. The second-order valence-corrected chi connectivity index (χ2v) is 6.78. The molecule has 1 amide bonds. The van der Waals surface area contributed by atoms with E-state index < -0.39 is 0 Å². The molecule has 1 N–H and O–H groups in total. The lowest BCUT2D eigenvalue weighted by atomic mass is 9.89. The summed E-state index contributed by atoms with van der Waals surface area (Å²) in [5, 5.41) is 2.86. The van der Waals surface area contributed by atoms with Crippen molar-refractivity contribution >= 4 is 17.2 Å². The average molecular weight is 373 g/mol. The van der Waals surface area contributed by atoms with Crippen LogP contribution in [0.25, 0.3) is 5.65 Å². The van der Waals surface area contributed by atoms with Crippen LogP contribution < -0.4 is 5.32 Å². The van der Waals surface area contributed by atoms with Gasteiger partial charge in [-0.1, -0.05) is 30.3 Å². The van der Waals surface area contributed by atoms with Crippen molar-refractivity contribution in [2.45, 2.75) is 19.3 Å². The molecule has 4 rings (SSSR count). The number of anilines is 1. The first kappa shape index (κ1) is 17.9. The SMILES string of the molecule is Cc1ccccc1C(CC(=O)Nc1ccc(F)cc1)c1cnc2ccccn12. The molecule has 2 aromatic carbocycles. The predicted octanol–water partition coefficient (Wildman–Crippen LogP) is 4.94. The van der Waals surface area contributed by atoms with Crippen molar-refractivity contribution in [3.05, 3.63) is 102 Å². The molecule has 2 aromatic heterocycles. The summed E-state index contributed by atoms with van der Waals surface area (Å²) >= 11 is 0. The van der Waals surface area contributed by atoms with Crippen LogP contribution in [-0.4, -0.2) is 15.3 Å². The Morgan fingerprint density at radius 1 is 1.07 bits per heavy atom. The Bertz CT molecular complexity index is 1120. The van der Waals surface area contributed by atoms with Crippen LogP contribution in [0.5, 0.6) is 0 Å². The monoisotopic (exact) mass is 373 g/mol. The molecule has 5 heteroatoms. The van der Waals surface area contributed by atoms with Gasteiger partial charge in [0.05, 0.1) is 5.69 Å². The second kappa shape index (κ2) is 7.64. The number of imidazole rings is 1. The molecule has 0 radical (unpaired) electrons.